The number of aryl methyl sites for hydroxylation is 1. The van der Waals surface area contributed by atoms with Gasteiger partial charge in [0.05, 0.1) is 0 Å². The molecule has 1 atom stereocenters. The fourth-order valence-electron chi connectivity index (χ4n) is 1.78. The molecular weight excluding hydrogens is 230 g/mol. The highest BCUT2D eigenvalue weighted by Crippen LogP contribution is 2.11. The van der Waals surface area contributed by atoms with E-state index in [0.717, 1.165) is 12.0 Å². The van der Waals surface area contributed by atoms with Crippen molar-refractivity contribution in [1.29, 1.82) is 0 Å². The number of carboxylic acids is 1. The molecule has 0 saturated heterocycles. The van der Waals surface area contributed by atoms with Crippen LogP contribution in [0.4, 0.5) is 0 Å². The fraction of sp³-hybridized carbons (Fsp3) is 0.429. The molecule has 0 aliphatic rings. The van der Waals surface area contributed by atoms with Gasteiger partial charge in [0, 0.05) is 5.56 Å². The van der Waals surface area contributed by atoms with Crippen molar-refractivity contribution in [2.45, 2.75) is 33.2 Å². The number of nitrogens with one attached hydrogen (secondary N) is 1. The zero-order valence-corrected chi connectivity index (χ0v) is 10.9. The molecule has 2 N–H and O–H groups in total. The first-order valence-corrected chi connectivity index (χ1v) is 6.09. The number of carbonyl (C=O) groups excluding carboxylic acids is 1. The molecule has 0 heterocycles. The SMILES string of the molecule is CCc1ccccc1C(=O)N[C@@H](C(=O)O)C(C)C. The summed E-state index contributed by atoms with van der Waals surface area (Å²) in [7, 11) is 0. The summed E-state index contributed by atoms with van der Waals surface area (Å²) in [5.41, 5.74) is 1.47. The maximum Gasteiger partial charge on any atom is 0.326 e. The lowest BCUT2D eigenvalue weighted by molar-refractivity contribution is -0.140. The van der Waals surface area contributed by atoms with Crippen LogP contribution in [0.15, 0.2) is 24.3 Å². The van der Waals surface area contributed by atoms with Crippen molar-refractivity contribution in [1.82, 2.24) is 5.32 Å². The zero-order chi connectivity index (χ0) is 13.7. The topological polar surface area (TPSA) is 66.4 Å². The lowest BCUT2D eigenvalue weighted by Gasteiger charge is -2.18. The molecule has 0 aliphatic carbocycles. The molecule has 1 aromatic carbocycles. The molecule has 1 rings (SSSR count). The molecule has 0 bridgehead atoms. The molecule has 1 aromatic rings. The lowest BCUT2D eigenvalue weighted by atomic mass is 10.0. The molecule has 0 radical (unpaired) electrons. The Morgan fingerprint density at radius 3 is 2.39 bits per heavy atom. The Hall–Kier alpha value is -1.84. The molecule has 0 saturated carbocycles. The third-order valence-electron chi connectivity index (χ3n) is 2.86. The van der Waals surface area contributed by atoms with Crippen LogP contribution < -0.4 is 5.32 Å². The van der Waals surface area contributed by atoms with Gasteiger partial charge in [-0.15, -0.1) is 0 Å². The van der Waals surface area contributed by atoms with Crippen molar-refractivity contribution in [3.63, 3.8) is 0 Å². The van der Waals surface area contributed by atoms with E-state index < -0.39 is 12.0 Å². The lowest BCUT2D eigenvalue weighted by Crippen LogP contribution is -2.44. The van der Waals surface area contributed by atoms with Crippen molar-refractivity contribution in [3.8, 4) is 0 Å². The second-order valence-corrected chi connectivity index (χ2v) is 4.54. The first-order valence-electron chi connectivity index (χ1n) is 6.09. The Morgan fingerprint density at radius 2 is 1.89 bits per heavy atom. The molecule has 0 unspecified atom stereocenters. The maximum absolute atomic E-state index is 12.1. The average molecular weight is 249 g/mol. The minimum absolute atomic E-state index is 0.153. The third-order valence-corrected chi connectivity index (χ3v) is 2.86. The fourth-order valence-corrected chi connectivity index (χ4v) is 1.78. The Labute approximate surface area is 107 Å². The van der Waals surface area contributed by atoms with Gasteiger partial charge in [-0.3, -0.25) is 4.79 Å². The second-order valence-electron chi connectivity index (χ2n) is 4.54. The average Bonchev–Trinajstić information content (AvgIpc) is 2.34. The quantitative estimate of drug-likeness (QED) is 0.839. The number of aliphatic carboxylic acids is 1. The van der Waals surface area contributed by atoms with Crippen molar-refractivity contribution >= 4 is 11.9 Å². The summed E-state index contributed by atoms with van der Waals surface area (Å²) in [5, 5.41) is 11.6. The summed E-state index contributed by atoms with van der Waals surface area (Å²) in [5.74, 6) is -1.49. The normalized spacial score (nSPS) is 12.2. The van der Waals surface area contributed by atoms with Crippen molar-refractivity contribution in [2.24, 2.45) is 5.92 Å². The standard InChI is InChI=1S/C14H19NO3/c1-4-10-7-5-6-8-11(10)13(16)15-12(9(2)3)14(17)18/h5-9,12H,4H2,1-3H3,(H,15,16)(H,17,18)/t12-/m1/s1. The molecule has 18 heavy (non-hydrogen) atoms. The molecule has 0 fully saturated rings. The number of carbonyl (C=O) groups is 2. The van der Waals surface area contributed by atoms with Crippen molar-refractivity contribution in [2.75, 3.05) is 0 Å². The maximum atomic E-state index is 12.1. The molecule has 0 aromatic heterocycles. The molecule has 4 heteroatoms. The summed E-state index contributed by atoms with van der Waals surface area (Å²) in [6.45, 7) is 5.50. The van der Waals surface area contributed by atoms with Crippen LogP contribution in [0.25, 0.3) is 0 Å². The van der Waals surface area contributed by atoms with Gasteiger partial charge >= 0.3 is 5.97 Å². The van der Waals surface area contributed by atoms with Crippen LogP contribution in [0.2, 0.25) is 0 Å². The number of carboxylic acid groups (broad SMARTS) is 1. The molecule has 4 nitrogen and oxygen atoms in total. The van der Waals surface area contributed by atoms with Crippen LogP contribution >= 0.6 is 0 Å². The molecule has 98 valence electrons. The van der Waals surface area contributed by atoms with E-state index >= 15 is 0 Å². The predicted molar refractivity (Wildman–Crippen MR) is 69.5 cm³/mol. The minimum Gasteiger partial charge on any atom is -0.480 e. The van der Waals surface area contributed by atoms with Gasteiger partial charge in [-0.1, -0.05) is 39.0 Å². The smallest absolute Gasteiger partial charge is 0.326 e. The van der Waals surface area contributed by atoms with Gasteiger partial charge in [0.1, 0.15) is 6.04 Å². The largest absolute Gasteiger partial charge is 0.480 e. The molecule has 0 spiro atoms. The van der Waals surface area contributed by atoms with E-state index in [-0.39, 0.29) is 11.8 Å². The third kappa shape index (κ3) is 3.32. The predicted octanol–water partition coefficient (Wildman–Crippen LogP) is 2.09. The van der Waals surface area contributed by atoms with Crippen LogP contribution in [0.5, 0.6) is 0 Å². The zero-order valence-electron chi connectivity index (χ0n) is 10.9. The summed E-state index contributed by atoms with van der Waals surface area (Å²) < 4.78 is 0. The number of benzene rings is 1. The van der Waals surface area contributed by atoms with Crippen LogP contribution in [0, 0.1) is 5.92 Å². The Balaban J connectivity index is 2.90. The van der Waals surface area contributed by atoms with Gasteiger partial charge in [0.2, 0.25) is 0 Å². The first-order chi connectivity index (χ1) is 8.47. The summed E-state index contributed by atoms with van der Waals surface area (Å²) in [4.78, 5) is 23.1. The van der Waals surface area contributed by atoms with Gasteiger partial charge in [-0.25, -0.2) is 4.79 Å². The summed E-state index contributed by atoms with van der Waals surface area (Å²) in [6, 6.07) is 6.38. The second kappa shape index (κ2) is 6.19. The van der Waals surface area contributed by atoms with Crippen molar-refractivity contribution < 1.29 is 14.7 Å². The highest BCUT2D eigenvalue weighted by Gasteiger charge is 2.24. The number of hydrogen-bond acceptors (Lipinski definition) is 2. The monoisotopic (exact) mass is 249 g/mol. The summed E-state index contributed by atoms with van der Waals surface area (Å²) >= 11 is 0. The Kier molecular flexibility index (Phi) is 4.89. The Morgan fingerprint density at radius 1 is 1.28 bits per heavy atom. The highest BCUT2D eigenvalue weighted by molar-refractivity contribution is 5.97. The molecule has 1 amide bonds. The van der Waals surface area contributed by atoms with E-state index in [9.17, 15) is 9.59 Å². The summed E-state index contributed by atoms with van der Waals surface area (Å²) in [6.07, 6.45) is 0.739. The van der Waals surface area contributed by atoms with Gasteiger partial charge in [0.15, 0.2) is 0 Å². The number of rotatable bonds is 5. The van der Waals surface area contributed by atoms with E-state index in [0.29, 0.717) is 5.56 Å². The van der Waals surface area contributed by atoms with E-state index in [2.05, 4.69) is 5.32 Å². The van der Waals surface area contributed by atoms with Crippen LogP contribution in [0.3, 0.4) is 0 Å². The number of hydrogen-bond donors (Lipinski definition) is 2. The highest BCUT2D eigenvalue weighted by atomic mass is 16.4. The van der Waals surface area contributed by atoms with E-state index in [1.807, 2.05) is 19.1 Å². The Bertz CT molecular complexity index is 440. The number of amides is 1. The molecular formula is C14H19NO3. The molecule has 0 aliphatic heterocycles. The van der Waals surface area contributed by atoms with Gasteiger partial charge < -0.3 is 10.4 Å². The van der Waals surface area contributed by atoms with E-state index in [1.54, 1.807) is 26.0 Å². The van der Waals surface area contributed by atoms with Crippen molar-refractivity contribution in [3.05, 3.63) is 35.4 Å². The van der Waals surface area contributed by atoms with Crippen LogP contribution in [-0.4, -0.2) is 23.0 Å². The van der Waals surface area contributed by atoms with E-state index in [4.69, 9.17) is 5.11 Å². The van der Waals surface area contributed by atoms with Gasteiger partial charge in [-0.05, 0) is 24.0 Å². The van der Waals surface area contributed by atoms with Crippen LogP contribution in [-0.2, 0) is 11.2 Å². The van der Waals surface area contributed by atoms with E-state index in [1.165, 1.54) is 0 Å². The van der Waals surface area contributed by atoms with Gasteiger partial charge in [-0.2, -0.15) is 0 Å². The first kappa shape index (κ1) is 14.2. The van der Waals surface area contributed by atoms with Gasteiger partial charge in [0.25, 0.3) is 5.91 Å². The van der Waals surface area contributed by atoms with Crippen LogP contribution in [0.1, 0.15) is 36.7 Å². The minimum atomic E-state index is -1.01.